The number of aromatic nitrogens is 2. The second-order valence-corrected chi connectivity index (χ2v) is 7.89. The minimum atomic E-state index is -0.869. The molecule has 0 aromatic carbocycles. The average Bonchev–Trinajstić information content (AvgIpc) is 2.92. The normalized spacial score (nSPS) is 22.0. The summed E-state index contributed by atoms with van der Waals surface area (Å²) in [6.45, 7) is 4.56. The first-order valence-corrected chi connectivity index (χ1v) is 9.89. The predicted octanol–water partition coefficient (Wildman–Crippen LogP) is 0.932. The lowest BCUT2D eigenvalue weighted by Crippen LogP contribution is -2.55. The van der Waals surface area contributed by atoms with E-state index in [9.17, 15) is 14.4 Å². The van der Waals surface area contributed by atoms with E-state index in [1.807, 2.05) is 6.92 Å². The van der Waals surface area contributed by atoms with Crippen molar-refractivity contribution in [3.63, 3.8) is 0 Å². The van der Waals surface area contributed by atoms with Gasteiger partial charge in [0.2, 0.25) is 5.95 Å². The Kier molecular flexibility index (Phi) is 4.68. The van der Waals surface area contributed by atoms with Gasteiger partial charge in [-0.2, -0.15) is 0 Å². The summed E-state index contributed by atoms with van der Waals surface area (Å²) in [4.78, 5) is 51.2. The molecule has 4 heterocycles. The second-order valence-electron chi connectivity index (χ2n) is 7.89. The molecule has 0 atom stereocenters. The molecule has 0 aliphatic carbocycles. The molecule has 0 radical (unpaired) electrons. The molecule has 4 amide bonds. The number of amides is 4. The van der Waals surface area contributed by atoms with Gasteiger partial charge in [0.1, 0.15) is 5.54 Å². The summed E-state index contributed by atoms with van der Waals surface area (Å²) in [6.07, 6.45) is 5.97. The third-order valence-corrected chi connectivity index (χ3v) is 6.10. The van der Waals surface area contributed by atoms with Crippen LogP contribution < -0.4 is 10.2 Å². The van der Waals surface area contributed by atoms with E-state index in [-0.39, 0.29) is 17.8 Å². The van der Waals surface area contributed by atoms with Gasteiger partial charge in [-0.15, -0.1) is 0 Å². The molecular weight excluding hydrogens is 360 g/mol. The van der Waals surface area contributed by atoms with Gasteiger partial charge in [-0.05, 0) is 39.0 Å². The molecule has 150 valence electrons. The van der Waals surface area contributed by atoms with Gasteiger partial charge in [-0.1, -0.05) is 0 Å². The molecule has 3 saturated heterocycles. The number of imide groups is 1. The van der Waals surface area contributed by atoms with Gasteiger partial charge in [0, 0.05) is 39.4 Å². The third kappa shape index (κ3) is 3.08. The zero-order valence-corrected chi connectivity index (χ0v) is 16.4. The first kappa shape index (κ1) is 18.6. The largest absolute Gasteiger partial charge is 0.341 e. The van der Waals surface area contributed by atoms with Crippen molar-refractivity contribution in [2.75, 3.05) is 38.1 Å². The number of anilines is 1. The van der Waals surface area contributed by atoms with Crippen molar-refractivity contribution in [2.24, 2.45) is 0 Å². The number of aryl methyl sites for hydroxylation is 1. The van der Waals surface area contributed by atoms with Gasteiger partial charge >= 0.3 is 6.03 Å². The van der Waals surface area contributed by atoms with Crippen LogP contribution in [0.2, 0.25) is 0 Å². The van der Waals surface area contributed by atoms with Crippen molar-refractivity contribution in [1.82, 2.24) is 25.1 Å². The fourth-order valence-electron chi connectivity index (χ4n) is 4.27. The van der Waals surface area contributed by atoms with Crippen molar-refractivity contribution >= 4 is 23.8 Å². The lowest BCUT2D eigenvalue weighted by atomic mass is 9.87. The summed E-state index contributed by atoms with van der Waals surface area (Å²) >= 11 is 0. The molecule has 4 rings (SSSR count). The topological polar surface area (TPSA) is 98.7 Å². The van der Waals surface area contributed by atoms with Crippen molar-refractivity contribution in [3.05, 3.63) is 17.5 Å². The highest BCUT2D eigenvalue weighted by Gasteiger charge is 2.51. The van der Waals surface area contributed by atoms with E-state index >= 15 is 0 Å². The quantitative estimate of drug-likeness (QED) is 0.760. The van der Waals surface area contributed by atoms with Gasteiger partial charge in [-0.3, -0.25) is 14.5 Å². The van der Waals surface area contributed by atoms with E-state index in [2.05, 4.69) is 20.2 Å². The number of carbonyl (C=O) groups is 3. The molecule has 9 nitrogen and oxygen atoms in total. The average molecular weight is 386 g/mol. The monoisotopic (exact) mass is 386 g/mol. The van der Waals surface area contributed by atoms with Crippen molar-refractivity contribution in [1.29, 1.82) is 0 Å². The first-order valence-electron chi connectivity index (χ1n) is 9.89. The number of urea groups is 1. The maximum Gasteiger partial charge on any atom is 0.324 e. The first-order chi connectivity index (χ1) is 13.4. The molecule has 3 aliphatic heterocycles. The Morgan fingerprint density at radius 2 is 1.79 bits per heavy atom. The second kappa shape index (κ2) is 7.03. The Balaban J connectivity index is 1.44. The molecule has 3 fully saturated rings. The maximum absolute atomic E-state index is 13.0. The molecule has 9 heteroatoms. The van der Waals surface area contributed by atoms with Crippen molar-refractivity contribution in [2.45, 2.75) is 44.6 Å². The molecule has 0 saturated carbocycles. The summed E-state index contributed by atoms with van der Waals surface area (Å²) in [5.41, 5.74) is 0.299. The highest BCUT2D eigenvalue weighted by molar-refractivity contribution is 6.07. The molecule has 3 aliphatic rings. The number of nitrogens with zero attached hydrogens (tertiary/aromatic N) is 5. The van der Waals surface area contributed by atoms with Gasteiger partial charge in [0.15, 0.2) is 0 Å². The summed E-state index contributed by atoms with van der Waals surface area (Å²) in [6, 6.07) is -0.373. The van der Waals surface area contributed by atoms with Crippen molar-refractivity contribution < 1.29 is 14.4 Å². The lowest BCUT2D eigenvalue weighted by Gasteiger charge is -2.37. The van der Waals surface area contributed by atoms with Crippen LogP contribution in [0.1, 0.15) is 48.2 Å². The van der Waals surface area contributed by atoms with E-state index in [0.717, 1.165) is 30.8 Å². The van der Waals surface area contributed by atoms with Crippen LogP contribution in [0.15, 0.2) is 6.20 Å². The van der Waals surface area contributed by atoms with Crippen LogP contribution in [-0.2, 0) is 4.79 Å². The maximum atomic E-state index is 13.0. The predicted molar refractivity (Wildman–Crippen MR) is 102 cm³/mol. The van der Waals surface area contributed by atoms with E-state index in [4.69, 9.17) is 0 Å². The van der Waals surface area contributed by atoms with Crippen LogP contribution in [0.25, 0.3) is 0 Å². The summed E-state index contributed by atoms with van der Waals surface area (Å²) in [5, 5.41) is 2.79. The zero-order chi connectivity index (χ0) is 19.9. The Morgan fingerprint density at radius 3 is 2.36 bits per heavy atom. The molecule has 1 N–H and O–H groups in total. The van der Waals surface area contributed by atoms with Crippen LogP contribution in [0.5, 0.6) is 0 Å². The number of likely N-dealkylation sites (tertiary alicyclic amines) is 1. The number of hydrogen-bond donors (Lipinski definition) is 1. The van der Waals surface area contributed by atoms with Crippen LogP contribution in [-0.4, -0.2) is 76.4 Å². The molecule has 0 bridgehead atoms. The van der Waals surface area contributed by atoms with Crippen molar-refractivity contribution in [3.8, 4) is 0 Å². The molecule has 1 aromatic rings. The van der Waals surface area contributed by atoms with Gasteiger partial charge < -0.3 is 15.1 Å². The zero-order valence-electron chi connectivity index (χ0n) is 16.4. The van der Waals surface area contributed by atoms with Gasteiger partial charge in [0.25, 0.3) is 11.8 Å². The molecule has 0 unspecified atom stereocenters. The number of hydrogen-bond acceptors (Lipinski definition) is 6. The van der Waals surface area contributed by atoms with E-state index in [1.54, 1.807) is 11.1 Å². The number of rotatable bonds is 2. The third-order valence-electron chi connectivity index (χ3n) is 6.10. The molecule has 1 spiro atoms. The molecule has 28 heavy (non-hydrogen) atoms. The Labute approximate surface area is 164 Å². The Morgan fingerprint density at radius 1 is 1.11 bits per heavy atom. The SMILES string of the molecule is Cc1nc(N2CCCCC2)ncc1C(=O)N1CCC2(CC1)NC(=O)N(C)C2=O. The Hall–Kier alpha value is -2.71. The number of likely N-dealkylation sites (N-methyl/N-ethyl adjacent to an activating group) is 1. The highest BCUT2D eigenvalue weighted by Crippen LogP contribution is 2.29. The minimum absolute atomic E-state index is 0.123. The fraction of sp³-hybridized carbons (Fsp3) is 0.632. The van der Waals surface area contributed by atoms with Crippen LogP contribution in [0.3, 0.4) is 0 Å². The fourth-order valence-corrected chi connectivity index (χ4v) is 4.27. The lowest BCUT2D eigenvalue weighted by molar-refractivity contribution is -0.131. The summed E-state index contributed by atoms with van der Waals surface area (Å²) in [5.74, 6) is 0.353. The highest BCUT2D eigenvalue weighted by atomic mass is 16.2. The van der Waals surface area contributed by atoms with Crippen LogP contribution >= 0.6 is 0 Å². The molecular formula is C19H26N6O3. The molecule has 1 aromatic heterocycles. The van der Waals surface area contributed by atoms with Gasteiger partial charge in [0.05, 0.1) is 11.3 Å². The number of piperidine rings is 2. The summed E-state index contributed by atoms with van der Waals surface area (Å²) < 4.78 is 0. The smallest absolute Gasteiger partial charge is 0.324 e. The van der Waals surface area contributed by atoms with Crippen LogP contribution in [0, 0.1) is 6.92 Å². The minimum Gasteiger partial charge on any atom is -0.341 e. The summed E-state index contributed by atoms with van der Waals surface area (Å²) in [7, 11) is 1.48. The Bertz CT molecular complexity index is 812. The number of nitrogens with one attached hydrogen (secondary N) is 1. The van der Waals surface area contributed by atoms with Gasteiger partial charge in [-0.25, -0.2) is 14.8 Å². The standard InChI is InChI=1S/C19H26N6O3/c1-13-14(12-20-17(21-13)25-8-4-3-5-9-25)15(26)24-10-6-19(7-11-24)16(27)23(2)18(28)22-19/h12H,3-11H2,1-2H3,(H,22,28). The van der Waals surface area contributed by atoms with E-state index in [1.165, 1.54) is 13.5 Å². The van der Waals surface area contributed by atoms with E-state index in [0.29, 0.717) is 43.1 Å². The van der Waals surface area contributed by atoms with E-state index < -0.39 is 5.54 Å². The van der Waals surface area contributed by atoms with Crippen LogP contribution in [0.4, 0.5) is 10.7 Å². The number of carbonyl (C=O) groups excluding carboxylic acids is 3.